The molecule has 1 unspecified atom stereocenters. The Hall–Kier alpha value is -1.98. The van der Waals surface area contributed by atoms with Crippen molar-refractivity contribution in [1.29, 1.82) is 0 Å². The zero-order chi connectivity index (χ0) is 12.9. The summed E-state index contributed by atoms with van der Waals surface area (Å²) in [6, 6.07) is 4.64. The predicted molar refractivity (Wildman–Crippen MR) is 59.5 cm³/mol. The first-order chi connectivity index (χ1) is 8.50. The number of anilines is 1. The average Bonchev–Trinajstić information content (AvgIpc) is 2.59. The Morgan fingerprint density at radius 1 is 1.28 bits per heavy atom. The highest BCUT2D eigenvalue weighted by Crippen LogP contribution is 2.38. The van der Waals surface area contributed by atoms with E-state index in [0.29, 0.717) is 0 Å². The van der Waals surface area contributed by atoms with Gasteiger partial charge in [-0.15, -0.1) is 0 Å². The third kappa shape index (κ3) is 1.41. The first-order valence-electron chi connectivity index (χ1n) is 5.59. The van der Waals surface area contributed by atoms with E-state index in [4.69, 9.17) is 0 Å². The SMILES string of the molecule is O=C1Nc2ccccc2C(=O)N2CCC(F)(F)C12. The molecule has 0 spiro atoms. The van der Waals surface area contributed by atoms with Crippen LogP contribution in [0.4, 0.5) is 14.5 Å². The maximum Gasteiger partial charge on any atom is 0.278 e. The van der Waals surface area contributed by atoms with E-state index in [1.165, 1.54) is 12.1 Å². The van der Waals surface area contributed by atoms with Crippen LogP contribution in [0.3, 0.4) is 0 Å². The van der Waals surface area contributed by atoms with Crippen molar-refractivity contribution in [3.05, 3.63) is 29.8 Å². The lowest BCUT2D eigenvalue weighted by Crippen LogP contribution is -2.48. The number of para-hydroxylation sites is 1. The number of amides is 2. The third-order valence-electron chi connectivity index (χ3n) is 3.32. The molecule has 1 aromatic rings. The summed E-state index contributed by atoms with van der Waals surface area (Å²) >= 11 is 0. The quantitative estimate of drug-likeness (QED) is 0.760. The normalized spacial score (nSPS) is 25.2. The molecule has 2 aliphatic rings. The molecule has 1 aromatic carbocycles. The number of rotatable bonds is 0. The summed E-state index contributed by atoms with van der Waals surface area (Å²) in [4.78, 5) is 24.9. The minimum Gasteiger partial charge on any atom is -0.323 e. The highest BCUT2D eigenvalue weighted by Gasteiger charge is 2.56. The fourth-order valence-corrected chi connectivity index (χ4v) is 2.45. The lowest BCUT2D eigenvalue weighted by molar-refractivity contribution is -0.128. The highest BCUT2D eigenvalue weighted by molar-refractivity contribution is 6.10. The van der Waals surface area contributed by atoms with Crippen LogP contribution in [0.2, 0.25) is 0 Å². The Morgan fingerprint density at radius 3 is 2.78 bits per heavy atom. The van der Waals surface area contributed by atoms with E-state index in [0.717, 1.165) is 4.90 Å². The van der Waals surface area contributed by atoms with Gasteiger partial charge < -0.3 is 10.2 Å². The Labute approximate surface area is 102 Å². The highest BCUT2D eigenvalue weighted by atomic mass is 19.3. The van der Waals surface area contributed by atoms with Crippen LogP contribution in [0.1, 0.15) is 16.8 Å². The van der Waals surface area contributed by atoms with Crippen molar-refractivity contribution in [3.63, 3.8) is 0 Å². The number of carbonyl (C=O) groups is 2. The van der Waals surface area contributed by atoms with Crippen LogP contribution in [0.25, 0.3) is 0 Å². The van der Waals surface area contributed by atoms with Crippen LogP contribution >= 0.6 is 0 Å². The molecule has 1 fully saturated rings. The molecule has 18 heavy (non-hydrogen) atoms. The van der Waals surface area contributed by atoms with Gasteiger partial charge in [0.05, 0.1) is 11.3 Å². The van der Waals surface area contributed by atoms with E-state index in [9.17, 15) is 18.4 Å². The average molecular weight is 252 g/mol. The molecule has 1 N–H and O–H groups in total. The molecule has 3 rings (SSSR count). The van der Waals surface area contributed by atoms with Crippen molar-refractivity contribution in [2.75, 3.05) is 11.9 Å². The standard InChI is InChI=1S/C12H10F2N2O2/c13-12(14)5-6-16-9(12)10(17)15-8-4-2-1-3-7(8)11(16)18/h1-4,9H,5-6H2,(H,15,17). The lowest BCUT2D eigenvalue weighted by atomic mass is 10.1. The summed E-state index contributed by atoms with van der Waals surface area (Å²) < 4.78 is 27.3. The van der Waals surface area contributed by atoms with Crippen LogP contribution in [-0.4, -0.2) is 35.2 Å². The van der Waals surface area contributed by atoms with Gasteiger partial charge in [0.1, 0.15) is 0 Å². The fraction of sp³-hybridized carbons (Fsp3) is 0.333. The van der Waals surface area contributed by atoms with Gasteiger partial charge in [0.25, 0.3) is 17.7 Å². The number of carbonyl (C=O) groups excluding carboxylic acids is 2. The van der Waals surface area contributed by atoms with Gasteiger partial charge in [0.2, 0.25) is 0 Å². The van der Waals surface area contributed by atoms with Gasteiger partial charge in [0.15, 0.2) is 6.04 Å². The molecule has 1 atom stereocenters. The molecule has 6 heteroatoms. The molecule has 0 radical (unpaired) electrons. The smallest absolute Gasteiger partial charge is 0.278 e. The van der Waals surface area contributed by atoms with Crippen LogP contribution in [-0.2, 0) is 4.79 Å². The second kappa shape index (κ2) is 3.51. The number of hydrogen-bond donors (Lipinski definition) is 1. The summed E-state index contributed by atoms with van der Waals surface area (Å²) in [5, 5.41) is 2.40. The summed E-state index contributed by atoms with van der Waals surface area (Å²) in [5.41, 5.74) is 0.545. The molecule has 2 heterocycles. The summed E-state index contributed by atoms with van der Waals surface area (Å²) in [5.74, 6) is -4.51. The molecule has 2 amide bonds. The Morgan fingerprint density at radius 2 is 2.00 bits per heavy atom. The molecule has 94 valence electrons. The molecular weight excluding hydrogens is 242 g/mol. The number of fused-ring (bicyclic) bond motifs is 2. The first kappa shape index (κ1) is 11.1. The second-order valence-corrected chi connectivity index (χ2v) is 4.45. The van der Waals surface area contributed by atoms with Crippen molar-refractivity contribution in [2.45, 2.75) is 18.4 Å². The van der Waals surface area contributed by atoms with E-state index in [2.05, 4.69) is 5.32 Å². The number of hydrogen-bond acceptors (Lipinski definition) is 2. The number of alkyl halides is 2. The first-order valence-corrected chi connectivity index (χ1v) is 5.59. The minimum absolute atomic E-state index is 0.0990. The molecule has 0 aromatic heterocycles. The van der Waals surface area contributed by atoms with Gasteiger partial charge in [-0.1, -0.05) is 12.1 Å². The lowest BCUT2D eigenvalue weighted by Gasteiger charge is -2.23. The van der Waals surface area contributed by atoms with Crippen LogP contribution < -0.4 is 5.32 Å². The van der Waals surface area contributed by atoms with Crippen molar-refractivity contribution in [3.8, 4) is 0 Å². The molecule has 2 aliphatic heterocycles. The maximum atomic E-state index is 13.7. The fourth-order valence-electron chi connectivity index (χ4n) is 2.45. The molecule has 1 saturated heterocycles. The van der Waals surface area contributed by atoms with Gasteiger partial charge in [-0.05, 0) is 12.1 Å². The van der Waals surface area contributed by atoms with Crippen molar-refractivity contribution in [1.82, 2.24) is 4.90 Å². The zero-order valence-electron chi connectivity index (χ0n) is 9.32. The Kier molecular flexibility index (Phi) is 2.17. The molecule has 0 aliphatic carbocycles. The summed E-state index contributed by atoms with van der Waals surface area (Å²) in [6.45, 7) is -0.0990. The molecular formula is C12H10F2N2O2. The van der Waals surface area contributed by atoms with Crippen molar-refractivity contribution < 1.29 is 18.4 Å². The summed E-state index contributed by atoms with van der Waals surface area (Å²) in [7, 11) is 0. The number of benzene rings is 1. The van der Waals surface area contributed by atoms with Crippen LogP contribution in [0.5, 0.6) is 0 Å². The van der Waals surface area contributed by atoms with Gasteiger partial charge >= 0.3 is 0 Å². The Balaban J connectivity index is 2.12. The van der Waals surface area contributed by atoms with E-state index >= 15 is 0 Å². The van der Waals surface area contributed by atoms with Gasteiger partial charge in [-0.25, -0.2) is 8.78 Å². The second-order valence-electron chi connectivity index (χ2n) is 4.45. The van der Waals surface area contributed by atoms with E-state index in [-0.39, 0.29) is 17.8 Å². The summed E-state index contributed by atoms with van der Waals surface area (Å²) in [6.07, 6.45) is -0.473. The van der Waals surface area contributed by atoms with Crippen molar-refractivity contribution in [2.24, 2.45) is 0 Å². The van der Waals surface area contributed by atoms with Gasteiger partial charge in [0, 0.05) is 13.0 Å². The molecule has 4 nitrogen and oxygen atoms in total. The van der Waals surface area contributed by atoms with Crippen LogP contribution in [0.15, 0.2) is 24.3 Å². The zero-order valence-corrected chi connectivity index (χ0v) is 9.32. The number of nitrogens with one attached hydrogen (secondary N) is 1. The molecule has 0 bridgehead atoms. The van der Waals surface area contributed by atoms with E-state index in [1.54, 1.807) is 12.1 Å². The van der Waals surface area contributed by atoms with Gasteiger partial charge in [-0.2, -0.15) is 0 Å². The maximum absolute atomic E-state index is 13.7. The van der Waals surface area contributed by atoms with Crippen molar-refractivity contribution >= 4 is 17.5 Å². The predicted octanol–water partition coefficient (Wildman–Crippen LogP) is 1.49. The van der Waals surface area contributed by atoms with Gasteiger partial charge in [-0.3, -0.25) is 9.59 Å². The third-order valence-corrected chi connectivity index (χ3v) is 3.32. The van der Waals surface area contributed by atoms with E-state index in [1.807, 2.05) is 0 Å². The monoisotopic (exact) mass is 252 g/mol. The van der Waals surface area contributed by atoms with Crippen LogP contribution in [0, 0.1) is 0 Å². The largest absolute Gasteiger partial charge is 0.323 e. The topological polar surface area (TPSA) is 49.4 Å². The Bertz CT molecular complexity index is 545. The number of halogens is 2. The van der Waals surface area contributed by atoms with E-state index < -0.39 is 30.2 Å². The molecule has 0 saturated carbocycles. The number of nitrogens with zero attached hydrogens (tertiary/aromatic N) is 1. The minimum atomic E-state index is -3.16.